The van der Waals surface area contributed by atoms with Gasteiger partial charge in [0.2, 0.25) is 6.79 Å². The summed E-state index contributed by atoms with van der Waals surface area (Å²) in [6.07, 6.45) is 0. The Labute approximate surface area is 218 Å². The lowest BCUT2D eigenvalue weighted by molar-refractivity contribution is 0.0672. The summed E-state index contributed by atoms with van der Waals surface area (Å²) in [4.78, 5) is 30.2. The van der Waals surface area contributed by atoms with Crippen LogP contribution in [0.5, 0.6) is 11.5 Å². The number of anilines is 2. The summed E-state index contributed by atoms with van der Waals surface area (Å²) in [6.45, 7) is 5.47. The fraction of sp³-hybridized carbons (Fsp3) is 0.310. The van der Waals surface area contributed by atoms with E-state index in [9.17, 15) is 9.59 Å². The molecule has 194 valence electrons. The van der Waals surface area contributed by atoms with Gasteiger partial charge in [0.05, 0.1) is 0 Å². The number of fused-ring (bicyclic) bond motifs is 1. The average molecular weight is 503 g/mol. The Balaban J connectivity index is 1.52. The number of hydrogen-bond donors (Lipinski definition) is 2. The van der Waals surface area contributed by atoms with Crippen molar-refractivity contribution in [3.8, 4) is 11.5 Å². The molecule has 0 unspecified atom stereocenters. The zero-order chi connectivity index (χ0) is 26.6. The predicted molar refractivity (Wildman–Crippen MR) is 145 cm³/mol. The van der Waals surface area contributed by atoms with Gasteiger partial charge in [-0.15, -0.1) is 0 Å². The molecule has 0 atom stereocenters. The highest BCUT2D eigenvalue weighted by Crippen LogP contribution is 2.33. The number of nitrogens with one attached hydrogen (secondary N) is 1. The van der Waals surface area contributed by atoms with Gasteiger partial charge in [0.1, 0.15) is 0 Å². The molecule has 1 heterocycles. The topological polar surface area (TPSA) is 97.1 Å². The number of ether oxygens (including phenoxy) is 2. The van der Waals surface area contributed by atoms with Gasteiger partial charge in [-0.25, -0.2) is 0 Å². The molecule has 1 aliphatic heterocycles. The molecular weight excluding hydrogens is 468 g/mol. The van der Waals surface area contributed by atoms with E-state index >= 15 is 0 Å². The largest absolute Gasteiger partial charge is 0.454 e. The van der Waals surface area contributed by atoms with Gasteiger partial charge in [0.25, 0.3) is 11.8 Å². The van der Waals surface area contributed by atoms with Crippen molar-refractivity contribution in [2.24, 2.45) is 11.1 Å². The van der Waals surface area contributed by atoms with Crippen molar-refractivity contribution in [1.82, 2.24) is 4.90 Å². The van der Waals surface area contributed by atoms with Gasteiger partial charge in [-0.05, 0) is 72.1 Å². The maximum absolute atomic E-state index is 13.6. The van der Waals surface area contributed by atoms with Crippen molar-refractivity contribution in [2.75, 3.05) is 44.2 Å². The number of carbonyl (C=O) groups excluding carboxylic acids is 2. The maximum Gasteiger partial charge on any atom is 0.255 e. The monoisotopic (exact) mass is 502 g/mol. The first kappa shape index (κ1) is 26.0. The molecule has 0 bridgehead atoms. The van der Waals surface area contributed by atoms with E-state index < -0.39 is 0 Å². The fourth-order valence-corrected chi connectivity index (χ4v) is 4.07. The first-order chi connectivity index (χ1) is 17.6. The molecule has 3 aromatic carbocycles. The number of nitrogens with two attached hydrogens (primary N) is 1. The molecule has 1 aliphatic rings. The zero-order valence-electron chi connectivity index (χ0n) is 21.8. The maximum atomic E-state index is 13.6. The van der Waals surface area contributed by atoms with Crippen molar-refractivity contribution in [2.45, 2.75) is 20.4 Å². The first-order valence-electron chi connectivity index (χ1n) is 12.2. The second-order valence-corrected chi connectivity index (χ2v) is 10.2. The Morgan fingerprint density at radius 1 is 0.946 bits per heavy atom. The number of rotatable bonds is 9. The van der Waals surface area contributed by atoms with Gasteiger partial charge in [-0.3, -0.25) is 9.59 Å². The third-order valence-corrected chi connectivity index (χ3v) is 6.28. The molecule has 0 radical (unpaired) electrons. The van der Waals surface area contributed by atoms with Gasteiger partial charge in [0.15, 0.2) is 11.5 Å². The van der Waals surface area contributed by atoms with E-state index in [1.165, 1.54) is 0 Å². The summed E-state index contributed by atoms with van der Waals surface area (Å²) in [6, 6.07) is 20.2. The fourth-order valence-electron chi connectivity index (χ4n) is 4.07. The van der Waals surface area contributed by atoms with Gasteiger partial charge < -0.3 is 30.3 Å². The van der Waals surface area contributed by atoms with E-state index in [4.69, 9.17) is 15.2 Å². The molecule has 8 nitrogen and oxygen atoms in total. The molecule has 37 heavy (non-hydrogen) atoms. The van der Waals surface area contributed by atoms with E-state index in [0.29, 0.717) is 47.9 Å². The molecule has 0 saturated carbocycles. The van der Waals surface area contributed by atoms with Crippen LogP contribution in [-0.4, -0.2) is 50.7 Å². The van der Waals surface area contributed by atoms with Gasteiger partial charge in [-0.1, -0.05) is 26.0 Å². The van der Waals surface area contributed by atoms with Crippen molar-refractivity contribution in [1.29, 1.82) is 0 Å². The number of benzene rings is 3. The van der Waals surface area contributed by atoms with E-state index in [1.54, 1.807) is 35.2 Å². The van der Waals surface area contributed by atoms with Crippen molar-refractivity contribution in [3.05, 3.63) is 83.4 Å². The van der Waals surface area contributed by atoms with Crippen molar-refractivity contribution < 1.29 is 19.1 Å². The van der Waals surface area contributed by atoms with Gasteiger partial charge >= 0.3 is 0 Å². The molecule has 3 aromatic rings. The molecular formula is C29H34N4O4. The van der Waals surface area contributed by atoms with E-state index in [0.717, 1.165) is 11.3 Å². The Bertz CT molecular complexity index is 1270. The van der Waals surface area contributed by atoms with Crippen LogP contribution in [0, 0.1) is 5.41 Å². The minimum atomic E-state index is -0.281. The van der Waals surface area contributed by atoms with E-state index in [1.807, 2.05) is 69.2 Å². The molecule has 0 spiro atoms. The number of amides is 2. The summed E-state index contributed by atoms with van der Waals surface area (Å²) in [5.74, 6) is 0.868. The Hall–Kier alpha value is -4.04. The highest BCUT2D eigenvalue weighted by Gasteiger charge is 2.26. The number of carbonyl (C=O) groups is 2. The van der Waals surface area contributed by atoms with E-state index in [-0.39, 0.29) is 24.0 Å². The molecule has 0 saturated heterocycles. The van der Waals surface area contributed by atoms with Crippen LogP contribution >= 0.6 is 0 Å². The Kier molecular flexibility index (Phi) is 7.69. The highest BCUT2D eigenvalue weighted by atomic mass is 16.7. The third-order valence-electron chi connectivity index (χ3n) is 6.28. The normalized spacial score (nSPS) is 12.2. The van der Waals surface area contributed by atoms with Crippen molar-refractivity contribution in [3.63, 3.8) is 0 Å². The third kappa shape index (κ3) is 6.40. The van der Waals surface area contributed by atoms with Crippen LogP contribution in [0.2, 0.25) is 0 Å². The van der Waals surface area contributed by atoms with Crippen LogP contribution in [0.25, 0.3) is 0 Å². The molecule has 0 aromatic heterocycles. The standard InChI is InChI=1S/C29H34N4O4/c1-29(2,17-30)18-33(28(35)22-10-13-25-26(15-22)37-19-36-25)16-20-6-5-7-23(14-20)31-27(34)21-8-11-24(12-9-21)32(3)4/h5-15H,16-19,30H2,1-4H3,(H,31,34). The molecule has 8 heteroatoms. The number of nitrogens with zero attached hydrogens (tertiary/aromatic N) is 2. The smallest absolute Gasteiger partial charge is 0.255 e. The lowest BCUT2D eigenvalue weighted by atomic mass is 9.92. The second kappa shape index (κ2) is 10.9. The summed E-state index contributed by atoms with van der Waals surface area (Å²) >= 11 is 0. The summed E-state index contributed by atoms with van der Waals surface area (Å²) in [5, 5.41) is 2.96. The lowest BCUT2D eigenvalue weighted by Gasteiger charge is -2.32. The lowest BCUT2D eigenvalue weighted by Crippen LogP contribution is -2.41. The van der Waals surface area contributed by atoms with E-state index in [2.05, 4.69) is 5.32 Å². The van der Waals surface area contributed by atoms with Crippen LogP contribution in [0.4, 0.5) is 11.4 Å². The first-order valence-corrected chi connectivity index (χ1v) is 12.2. The van der Waals surface area contributed by atoms with Crippen LogP contribution < -0.4 is 25.4 Å². The molecule has 3 N–H and O–H groups in total. The molecule has 0 aliphatic carbocycles. The van der Waals surface area contributed by atoms with Gasteiger partial charge in [0, 0.05) is 49.7 Å². The van der Waals surface area contributed by atoms with Crippen LogP contribution in [0.1, 0.15) is 40.1 Å². The van der Waals surface area contributed by atoms with Crippen LogP contribution in [0.15, 0.2) is 66.7 Å². The Morgan fingerprint density at radius 3 is 2.35 bits per heavy atom. The minimum absolute atomic E-state index is 0.129. The SMILES string of the molecule is CN(C)c1ccc(C(=O)Nc2cccc(CN(CC(C)(C)CN)C(=O)c3ccc4c(c3)OCO4)c2)cc1. The van der Waals surface area contributed by atoms with Gasteiger partial charge in [-0.2, -0.15) is 0 Å². The van der Waals surface area contributed by atoms with Crippen LogP contribution in [0.3, 0.4) is 0 Å². The Morgan fingerprint density at radius 2 is 1.65 bits per heavy atom. The molecule has 2 amide bonds. The summed E-state index contributed by atoms with van der Waals surface area (Å²) in [5.41, 5.74) is 9.37. The molecule has 0 fully saturated rings. The quantitative estimate of drug-likeness (QED) is 0.451. The zero-order valence-corrected chi connectivity index (χ0v) is 21.8. The summed E-state index contributed by atoms with van der Waals surface area (Å²) in [7, 11) is 3.91. The van der Waals surface area contributed by atoms with Crippen LogP contribution in [-0.2, 0) is 6.54 Å². The second-order valence-electron chi connectivity index (χ2n) is 10.2. The minimum Gasteiger partial charge on any atom is -0.454 e. The summed E-state index contributed by atoms with van der Waals surface area (Å²) < 4.78 is 10.8. The predicted octanol–water partition coefficient (Wildman–Crippen LogP) is 4.36. The molecule has 4 rings (SSSR count). The highest BCUT2D eigenvalue weighted by molar-refractivity contribution is 6.04. The number of hydrogen-bond acceptors (Lipinski definition) is 6. The average Bonchev–Trinajstić information content (AvgIpc) is 3.36. The van der Waals surface area contributed by atoms with Crippen molar-refractivity contribution >= 4 is 23.2 Å².